The zero-order chi connectivity index (χ0) is 17.2. The maximum Gasteiger partial charge on any atom is 0.121 e. The first-order valence-corrected chi connectivity index (χ1v) is 9.19. The highest BCUT2D eigenvalue weighted by molar-refractivity contribution is 6.30. The Balaban J connectivity index is 1.38. The molecule has 5 nitrogen and oxygen atoms in total. The Labute approximate surface area is 153 Å². The molecule has 0 aliphatic carbocycles. The number of nitrogens with one attached hydrogen (secondary N) is 1. The van der Waals surface area contributed by atoms with E-state index in [2.05, 4.69) is 51.1 Å². The van der Waals surface area contributed by atoms with Gasteiger partial charge in [0.15, 0.2) is 0 Å². The van der Waals surface area contributed by atoms with Gasteiger partial charge in [0, 0.05) is 43.9 Å². The van der Waals surface area contributed by atoms with Crippen molar-refractivity contribution in [2.75, 3.05) is 33.2 Å². The fourth-order valence-corrected chi connectivity index (χ4v) is 3.51. The Bertz CT molecular complexity index is 744. The van der Waals surface area contributed by atoms with Crippen LogP contribution in [0.2, 0.25) is 5.02 Å². The molecule has 0 radical (unpaired) electrons. The normalized spacial score (nSPS) is 18.6. The Morgan fingerprint density at radius 2 is 1.84 bits per heavy atom. The van der Waals surface area contributed by atoms with Gasteiger partial charge in [0.25, 0.3) is 0 Å². The maximum atomic E-state index is 5.96. The van der Waals surface area contributed by atoms with Gasteiger partial charge in [-0.1, -0.05) is 23.7 Å². The molecule has 1 N–H and O–H groups in total. The van der Waals surface area contributed by atoms with E-state index in [1.165, 1.54) is 5.56 Å². The van der Waals surface area contributed by atoms with E-state index >= 15 is 0 Å². The van der Waals surface area contributed by atoms with Crippen LogP contribution in [0.25, 0.3) is 6.08 Å². The Kier molecular flexibility index (Phi) is 4.79. The second-order valence-corrected chi connectivity index (χ2v) is 7.41. The largest absolute Gasteiger partial charge is 0.367 e. The van der Waals surface area contributed by atoms with Crippen LogP contribution in [0, 0.1) is 0 Å². The number of halogens is 1. The minimum atomic E-state index is 0.779. The van der Waals surface area contributed by atoms with Crippen molar-refractivity contribution in [2.24, 2.45) is 0 Å². The summed E-state index contributed by atoms with van der Waals surface area (Å²) in [6.07, 6.45) is 4.28. The molecule has 2 aliphatic heterocycles. The maximum absolute atomic E-state index is 5.96. The van der Waals surface area contributed by atoms with E-state index in [1.807, 2.05) is 12.1 Å². The number of hydrogen-bond donors (Lipinski definition) is 1. The summed E-state index contributed by atoms with van der Waals surface area (Å²) < 4.78 is 0. The molecule has 1 aromatic heterocycles. The summed E-state index contributed by atoms with van der Waals surface area (Å²) in [6, 6.07) is 8.04. The van der Waals surface area contributed by atoms with Crippen LogP contribution in [0.5, 0.6) is 0 Å². The lowest BCUT2D eigenvalue weighted by Crippen LogP contribution is -2.44. The Morgan fingerprint density at radius 3 is 2.60 bits per heavy atom. The first kappa shape index (κ1) is 16.6. The van der Waals surface area contributed by atoms with Gasteiger partial charge < -0.3 is 14.8 Å². The highest BCUT2D eigenvalue weighted by atomic mass is 35.5. The number of rotatable bonds is 4. The Hall–Kier alpha value is -1.82. The average molecular weight is 358 g/mol. The summed E-state index contributed by atoms with van der Waals surface area (Å²) in [5.41, 5.74) is 3.54. The molecule has 0 unspecified atom stereocenters. The summed E-state index contributed by atoms with van der Waals surface area (Å²) in [6.45, 7) is 7.11. The first-order valence-electron chi connectivity index (χ1n) is 8.81. The predicted molar refractivity (Wildman–Crippen MR) is 101 cm³/mol. The van der Waals surface area contributed by atoms with E-state index in [0.29, 0.717) is 0 Å². The number of benzene rings is 1. The fraction of sp³-hybridized carbons (Fsp3) is 0.421. The molecule has 3 heterocycles. The summed E-state index contributed by atoms with van der Waals surface area (Å²) in [5.74, 6) is 1.08. The number of fused-ring (bicyclic) bond motifs is 1. The highest BCUT2D eigenvalue weighted by Crippen LogP contribution is 2.21. The second kappa shape index (κ2) is 7.20. The van der Waals surface area contributed by atoms with Crippen LogP contribution >= 0.6 is 11.6 Å². The van der Waals surface area contributed by atoms with Crippen LogP contribution in [0.3, 0.4) is 0 Å². The molecule has 25 heavy (non-hydrogen) atoms. The summed E-state index contributed by atoms with van der Waals surface area (Å²) in [7, 11) is 2.18. The summed E-state index contributed by atoms with van der Waals surface area (Å²) in [4.78, 5) is 15.5. The van der Waals surface area contributed by atoms with Gasteiger partial charge >= 0.3 is 0 Å². The van der Waals surface area contributed by atoms with E-state index < -0.39 is 0 Å². The quantitative estimate of drug-likeness (QED) is 0.913. The smallest absolute Gasteiger partial charge is 0.121 e. The second-order valence-electron chi connectivity index (χ2n) is 6.97. The molecule has 1 fully saturated rings. The van der Waals surface area contributed by atoms with Crippen LogP contribution in [0.4, 0.5) is 0 Å². The number of aromatic nitrogens is 2. The Morgan fingerprint density at radius 1 is 1.08 bits per heavy atom. The van der Waals surface area contributed by atoms with E-state index in [9.17, 15) is 0 Å². The van der Waals surface area contributed by atoms with Crippen molar-refractivity contribution < 1.29 is 0 Å². The molecule has 0 amide bonds. The lowest BCUT2D eigenvalue weighted by atomic mass is 10.2. The fourth-order valence-electron chi connectivity index (χ4n) is 3.39. The van der Waals surface area contributed by atoms with E-state index in [0.717, 1.165) is 68.0 Å². The zero-order valence-electron chi connectivity index (χ0n) is 14.6. The number of hydrogen-bond acceptors (Lipinski definition) is 4. The van der Waals surface area contributed by atoms with Gasteiger partial charge in [0.05, 0.1) is 24.5 Å². The molecule has 4 rings (SSSR count). The molecule has 2 aliphatic rings. The van der Waals surface area contributed by atoms with Gasteiger partial charge in [-0.3, -0.25) is 4.90 Å². The third kappa shape index (κ3) is 4.06. The topological polar surface area (TPSA) is 38.4 Å². The van der Waals surface area contributed by atoms with Crippen molar-refractivity contribution in [3.8, 4) is 0 Å². The number of likely N-dealkylation sites (N-methyl/N-ethyl adjacent to an activating group) is 1. The third-order valence-corrected chi connectivity index (χ3v) is 5.18. The molecule has 1 aromatic carbocycles. The van der Waals surface area contributed by atoms with Crippen LogP contribution in [0.15, 0.2) is 30.5 Å². The van der Waals surface area contributed by atoms with E-state index in [1.54, 1.807) is 0 Å². The molecule has 0 bridgehead atoms. The van der Waals surface area contributed by atoms with Crippen LogP contribution < -0.4 is 0 Å². The highest BCUT2D eigenvalue weighted by Gasteiger charge is 2.19. The predicted octanol–water partition coefficient (Wildman–Crippen LogP) is 2.80. The molecule has 0 spiro atoms. The number of H-pyrrole nitrogens is 1. The minimum absolute atomic E-state index is 0.779. The van der Waals surface area contributed by atoms with Gasteiger partial charge in [-0.2, -0.15) is 0 Å². The van der Waals surface area contributed by atoms with Gasteiger partial charge in [0.2, 0.25) is 0 Å². The minimum Gasteiger partial charge on any atom is -0.367 e. The first-order chi connectivity index (χ1) is 12.2. The van der Waals surface area contributed by atoms with Crippen LogP contribution in [-0.4, -0.2) is 57.9 Å². The molecule has 1 saturated heterocycles. The lowest BCUT2D eigenvalue weighted by molar-refractivity contribution is 0.145. The average Bonchev–Trinajstić information content (AvgIpc) is 3.00. The van der Waals surface area contributed by atoms with E-state index in [4.69, 9.17) is 16.6 Å². The number of imidazole rings is 1. The van der Waals surface area contributed by atoms with Crippen molar-refractivity contribution in [3.63, 3.8) is 0 Å². The van der Waals surface area contributed by atoms with Crippen molar-refractivity contribution >= 4 is 17.7 Å². The molecule has 6 heteroatoms. The van der Waals surface area contributed by atoms with Gasteiger partial charge in [-0.25, -0.2) is 4.98 Å². The van der Waals surface area contributed by atoms with Crippen LogP contribution in [-0.2, 0) is 19.6 Å². The van der Waals surface area contributed by atoms with Crippen molar-refractivity contribution in [1.29, 1.82) is 0 Å². The van der Waals surface area contributed by atoms with Crippen molar-refractivity contribution in [3.05, 3.63) is 58.3 Å². The zero-order valence-corrected chi connectivity index (χ0v) is 15.3. The van der Waals surface area contributed by atoms with Crippen molar-refractivity contribution in [2.45, 2.75) is 19.6 Å². The van der Waals surface area contributed by atoms with E-state index in [-0.39, 0.29) is 0 Å². The van der Waals surface area contributed by atoms with Gasteiger partial charge in [-0.15, -0.1) is 0 Å². The SMILES string of the molecule is CN1CCN(Cc2nc3c([nH]2)C=CN(Cc2ccc(Cl)cc2)C3)CC1. The van der Waals surface area contributed by atoms with Gasteiger partial charge in [0.1, 0.15) is 5.82 Å². The number of nitrogens with zero attached hydrogens (tertiary/aromatic N) is 4. The molecule has 0 atom stereocenters. The monoisotopic (exact) mass is 357 g/mol. The van der Waals surface area contributed by atoms with Crippen molar-refractivity contribution in [1.82, 2.24) is 24.7 Å². The number of piperazine rings is 1. The molecule has 132 valence electrons. The summed E-state index contributed by atoms with van der Waals surface area (Å²) >= 11 is 5.96. The molecular formula is C19H24ClN5. The molecule has 2 aromatic rings. The third-order valence-electron chi connectivity index (χ3n) is 4.93. The molecular weight excluding hydrogens is 334 g/mol. The molecule has 0 saturated carbocycles. The number of aromatic amines is 1. The standard InChI is InChI=1S/C19H24ClN5/c1-23-8-10-24(11-9-23)14-19-21-17-6-7-25(13-18(17)22-19)12-15-2-4-16(20)5-3-15/h2-7H,8-14H2,1H3,(H,21,22). The lowest BCUT2D eigenvalue weighted by Gasteiger charge is -2.31. The van der Waals surface area contributed by atoms with Gasteiger partial charge in [-0.05, 0) is 30.8 Å². The summed E-state index contributed by atoms with van der Waals surface area (Å²) in [5, 5.41) is 0.779. The van der Waals surface area contributed by atoms with Crippen LogP contribution in [0.1, 0.15) is 22.8 Å².